The molecule has 1 atom stereocenters. The van der Waals surface area contributed by atoms with E-state index >= 15 is 0 Å². The molecule has 0 spiro atoms. The van der Waals surface area contributed by atoms with Crippen LogP contribution < -0.4 is 20.3 Å². The first-order chi connectivity index (χ1) is 14.0. The van der Waals surface area contributed by atoms with E-state index < -0.39 is 17.9 Å². The van der Waals surface area contributed by atoms with Crippen LogP contribution in [0.5, 0.6) is 11.5 Å². The van der Waals surface area contributed by atoms with E-state index in [0.29, 0.717) is 11.5 Å². The summed E-state index contributed by atoms with van der Waals surface area (Å²) in [4.78, 5) is 24.0. The SMILES string of the molecule is CCc1ccc(O[C@H](C)C(=O)NNC(=O)COc2ccc3ccccc3c2)cc1. The van der Waals surface area contributed by atoms with Gasteiger partial charge >= 0.3 is 0 Å². The minimum atomic E-state index is -0.760. The average molecular weight is 392 g/mol. The molecule has 0 bridgehead atoms. The molecule has 0 heterocycles. The van der Waals surface area contributed by atoms with E-state index in [1.54, 1.807) is 13.0 Å². The zero-order valence-corrected chi connectivity index (χ0v) is 16.5. The fourth-order valence-electron chi connectivity index (χ4n) is 2.74. The maximum atomic E-state index is 12.1. The molecule has 3 aromatic carbocycles. The third kappa shape index (κ3) is 5.72. The molecule has 2 amide bonds. The molecule has 0 aliphatic carbocycles. The van der Waals surface area contributed by atoms with Crippen LogP contribution in [0.4, 0.5) is 0 Å². The number of fused-ring (bicyclic) bond motifs is 1. The summed E-state index contributed by atoms with van der Waals surface area (Å²) in [5, 5.41) is 2.12. The van der Waals surface area contributed by atoms with Crippen molar-refractivity contribution < 1.29 is 19.1 Å². The molecule has 0 saturated heterocycles. The Hall–Kier alpha value is -3.54. The van der Waals surface area contributed by atoms with Crippen molar-refractivity contribution in [1.82, 2.24) is 10.9 Å². The first-order valence-electron chi connectivity index (χ1n) is 9.51. The Morgan fingerprint density at radius 1 is 0.897 bits per heavy atom. The molecule has 0 radical (unpaired) electrons. The van der Waals surface area contributed by atoms with Crippen LogP contribution in [0.15, 0.2) is 66.7 Å². The van der Waals surface area contributed by atoms with Gasteiger partial charge in [0.15, 0.2) is 12.7 Å². The molecule has 0 aliphatic rings. The number of carbonyl (C=O) groups is 2. The van der Waals surface area contributed by atoms with Crippen molar-refractivity contribution in [2.24, 2.45) is 0 Å². The second-order valence-electron chi connectivity index (χ2n) is 6.59. The molecule has 2 N–H and O–H groups in total. The molecular formula is C23H24N2O4. The summed E-state index contributed by atoms with van der Waals surface area (Å²) >= 11 is 0. The number of carbonyl (C=O) groups excluding carboxylic acids is 2. The Balaban J connectivity index is 1.43. The molecule has 0 aromatic heterocycles. The Labute approximate surface area is 169 Å². The fraction of sp³-hybridized carbons (Fsp3) is 0.217. The van der Waals surface area contributed by atoms with E-state index in [4.69, 9.17) is 9.47 Å². The topological polar surface area (TPSA) is 76.7 Å². The molecule has 0 fully saturated rings. The van der Waals surface area contributed by atoms with E-state index in [1.165, 1.54) is 5.56 Å². The molecule has 3 rings (SSSR count). The third-order valence-corrected chi connectivity index (χ3v) is 4.43. The minimum absolute atomic E-state index is 0.216. The predicted molar refractivity (Wildman–Crippen MR) is 112 cm³/mol. The number of hydrogen-bond acceptors (Lipinski definition) is 4. The van der Waals surface area contributed by atoms with Crippen LogP contribution >= 0.6 is 0 Å². The number of amides is 2. The Bertz CT molecular complexity index is 986. The molecule has 0 aliphatic heterocycles. The summed E-state index contributed by atoms with van der Waals surface area (Å²) in [7, 11) is 0. The van der Waals surface area contributed by atoms with E-state index in [1.807, 2.05) is 60.7 Å². The monoisotopic (exact) mass is 392 g/mol. The molecule has 6 nitrogen and oxygen atoms in total. The average Bonchev–Trinajstić information content (AvgIpc) is 2.76. The standard InChI is InChI=1S/C23H24N2O4/c1-3-17-8-11-20(12-9-17)29-16(2)23(27)25-24-22(26)15-28-21-13-10-18-6-4-5-7-19(18)14-21/h4-14,16H,3,15H2,1-2H3,(H,24,26)(H,25,27)/t16-/m1/s1. The van der Waals surface area contributed by atoms with Crippen molar-refractivity contribution >= 4 is 22.6 Å². The Kier molecular flexibility index (Phi) is 6.68. The van der Waals surface area contributed by atoms with Gasteiger partial charge < -0.3 is 9.47 Å². The molecule has 0 unspecified atom stereocenters. The van der Waals surface area contributed by atoms with Crippen molar-refractivity contribution in [2.45, 2.75) is 26.4 Å². The van der Waals surface area contributed by atoms with E-state index in [-0.39, 0.29) is 6.61 Å². The van der Waals surface area contributed by atoms with Crippen LogP contribution in [0.3, 0.4) is 0 Å². The summed E-state index contributed by atoms with van der Waals surface area (Å²) in [6.45, 7) is 3.46. The molecule has 0 saturated carbocycles. The maximum Gasteiger partial charge on any atom is 0.279 e. The van der Waals surface area contributed by atoms with Crippen molar-refractivity contribution in [3.8, 4) is 11.5 Å². The van der Waals surface area contributed by atoms with Gasteiger partial charge in [0.1, 0.15) is 11.5 Å². The van der Waals surface area contributed by atoms with Crippen molar-refractivity contribution in [1.29, 1.82) is 0 Å². The number of ether oxygens (including phenoxy) is 2. The lowest BCUT2D eigenvalue weighted by Gasteiger charge is -2.15. The third-order valence-electron chi connectivity index (χ3n) is 4.43. The van der Waals surface area contributed by atoms with E-state index in [9.17, 15) is 9.59 Å². The number of hydrogen-bond donors (Lipinski definition) is 2. The normalized spacial score (nSPS) is 11.5. The van der Waals surface area contributed by atoms with Gasteiger partial charge in [0.2, 0.25) is 0 Å². The smallest absolute Gasteiger partial charge is 0.279 e. The first kappa shape index (κ1) is 20.2. The van der Waals surface area contributed by atoms with Gasteiger partial charge in [-0.2, -0.15) is 0 Å². The number of hydrazine groups is 1. The molecule has 29 heavy (non-hydrogen) atoms. The highest BCUT2D eigenvalue weighted by atomic mass is 16.5. The van der Waals surface area contributed by atoms with Gasteiger partial charge in [0, 0.05) is 0 Å². The number of benzene rings is 3. The highest BCUT2D eigenvalue weighted by molar-refractivity contribution is 5.86. The fourth-order valence-corrected chi connectivity index (χ4v) is 2.74. The van der Waals surface area contributed by atoms with Crippen LogP contribution in [0.25, 0.3) is 10.8 Å². The zero-order chi connectivity index (χ0) is 20.6. The summed E-state index contributed by atoms with van der Waals surface area (Å²) in [5.41, 5.74) is 5.87. The largest absolute Gasteiger partial charge is 0.484 e. The molecule has 3 aromatic rings. The molecule has 150 valence electrons. The van der Waals surface area contributed by atoms with Crippen LogP contribution in [0.2, 0.25) is 0 Å². The summed E-state index contributed by atoms with van der Waals surface area (Å²) in [5.74, 6) is 0.253. The van der Waals surface area contributed by atoms with Crippen molar-refractivity contribution in [2.75, 3.05) is 6.61 Å². The highest BCUT2D eigenvalue weighted by Crippen LogP contribution is 2.20. The first-order valence-corrected chi connectivity index (χ1v) is 9.51. The lowest BCUT2D eigenvalue weighted by molar-refractivity contribution is -0.133. The predicted octanol–water partition coefficient (Wildman–Crippen LogP) is 3.40. The zero-order valence-electron chi connectivity index (χ0n) is 16.5. The van der Waals surface area contributed by atoms with Crippen LogP contribution in [-0.4, -0.2) is 24.5 Å². The van der Waals surface area contributed by atoms with Crippen molar-refractivity contribution in [3.05, 3.63) is 72.3 Å². The summed E-state index contributed by atoms with van der Waals surface area (Å²) < 4.78 is 11.1. The Morgan fingerprint density at radius 2 is 1.59 bits per heavy atom. The lowest BCUT2D eigenvalue weighted by atomic mass is 10.1. The van der Waals surface area contributed by atoms with Crippen LogP contribution in [0.1, 0.15) is 19.4 Å². The quantitative estimate of drug-likeness (QED) is 0.604. The summed E-state index contributed by atoms with van der Waals surface area (Å²) in [6.07, 6.45) is 0.174. The second kappa shape index (κ2) is 9.59. The summed E-state index contributed by atoms with van der Waals surface area (Å²) in [6, 6.07) is 21.0. The number of rotatable bonds is 7. The van der Waals surface area contributed by atoms with Gasteiger partial charge in [0.25, 0.3) is 11.8 Å². The van der Waals surface area contributed by atoms with E-state index in [0.717, 1.165) is 17.2 Å². The number of nitrogens with one attached hydrogen (secondary N) is 2. The van der Waals surface area contributed by atoms with Crippen LogP contribution in [0, 0.1) is 0 Å². The van der Waals surface area contributed by atoms with Gasteiger partial charge in [-0.25, -0.2) is 0 Å². The van der Waals surface area contributed by atoms with Gasteiger partial charge in [-0.05, 0) is 53.9 Å². The minimum Gasteiger partial charge on any atom is -0.484 e. The second-order valence-corrected chi connectivity index (χ2v) is 6.59. The molecule has 6 heteroatoms. The maximum absolute atomic E-state index is 12.1. The van der Waals surface area contributed by atoms with Crippen molar-refractivity contribution in [3.63, 3.8) is 0 Å². The molecular weight excluding hydrogens is 368 g/mol. The van der Waals surface area contributed by atoms with Crippen LogP contribution in [-0.2, 0) is 16.0 Å². The van der Waals surface area contributed by atoms with Gasteiger partial charge in [0.05, 0.1) is 0 Å². The number of aryl methyl sites for hydroxylation is 1. The van der Waals surface area contributed by atoms with E-state index in [2.05, 4.69) is 17.8 Å². The van der Waals surface area contributed by atoms with Gasteiger partial charge in [-0.15, -0.1) is 0 Å². The lowest BCUT2D eigenvalue weighted by Crippen LogP contribution is -2.48. The Morgan fingerprint density at radius 3 is 2.31 bits per heavy atom. The highest BCUT2D eigenvalue weighted by Gasteiger charge is 2.15. The van der Waals surface area contributed by atoms with Gasteiger partial charge in [-0.3, -0.25) is 20.4 Å². The van der Waals surface area contributed by atoms with Gasteiger partial charge in [-0.1, -0.05) is 49.4 Å².